The van der Waals surface area contributed by atoms with E-state index in [1.54, 1.807) is 0 Å². The smallest absolute Gasteiger partial charge is 0.159 e. The van der Waals surface area contributed by atoms with Crippen molar-refractivity contribution < 1.29 is 0 Å². The highest BCUT2D eigenvalue weighted by atomic mass is 15.1. The lowest BCUT2D eigenvalue weighted by atomic mass is 9.96. The number of anilines is 2. The van der Waals surface area contributed by atoms with Gasteiger partial charge in [-0.05, 0) is 87.5 Å². The van der Waals surface area contributed by atoms with Gasteiger partial charge in [0.1, 0.15) is 0 Å². The fraction of sp³-hybridized carbons (Fsp3) is 0.0189. The zero-order valence-corrected chi connectivity index (χ0v) is 31.2. The second kappa shape index (κ2) is 13.3. The molecule has 57 heavy (non-hydrogen) atoms. The zero-order valence-electron chi connectivity index (χ0n) is 31.2. The Bertz CT molecular complexity index is 3260. The molecule has 8 aromatic carbocycles. The molecular weight excluding hydrogens is 693 g/mol. The maximum atomic E-state index is 5.25. The van der Waals surface area contributed by atoms with Crippen LogP contribution in [0.15, 0.2) is 201 Å². The van der Waals surface area contributed by atoms with E-state index >= 15 is 0 Å². The summed E-state index contributed by atoms with van der Waals surface area (Å²) in [5.74, 6) is 0.709. The Morgan fingerprint density at radius 1 is 0.491 bits per heavy atom. The van der Waals surface area contributed by atoms with Gasteiger partial charge >= 0.3 is 0 Å². The molecule has 4 nitrogen and oxygen atoms in total. The first-order valence-corrected chi connectivity index (χ1v) is 19.4. The first-order chi connectivity index (χ1) is 28.2. The van der Waals surface area contributed by atoms with Crippen molar-refractivity contribution in [1.82, 2.24) is 14.5 Å². The van der Waals surface area contributed by atoms with E-state index in [4.69, 9.17) is 9.97 Å². The van der Waals surface area contributed by atoms with Crippen LogP contribution in [0.2, 0.25) is 0 Å². The predicted molar refractivity (Wildman–Crippen MR) is 241 cm³/mol. The van der Waals surface area contributed by atoms with Gasteiger partial charge in [-0.2, -0.15) is 0 Å². The van der Waals surface area contributed by atoms with E-state index in [2.05, 4.69) is 204 Å². The number of aromatic nitrogens is 3. The first-order valence-electron chi connectivity index (χ1n) is 19.4. The standard InChI is InChI=1S/C53H36N4/c1-35-15-4-3-13-30-56(39-17-5-2-6-18-39)49-28-26-36(32-46(35)49)37-27-29-51-47(33-37)44-23-11-12-25-50(44)57(51)40-19-14-16-38(31-40)53-54-34-48-43-22-8-7-20-41(43)42-21-9-10-24-45(42)52(48)55-53/h2-29,31-34H,1,30H2/b13-3-,15-4-. The molecule has 10 aromatic rings. The molecule has 0 saturated heterocycles. The lowest BCUT2D eigenvalue weighted by Crippen LogP contribution is -2.18. The number of fused-ring (bicyclic) bond motifs is 10. The number of rotatable bonds is 4. The van der Waals surface area contributed by atoms with E-state index < -0.39 is 0 Å². The maximum absolute atomic E-state index is 5.25. The van der Waals surface area contributed by atoms with Gasteiger partial charge in [0.2, 0.25) is 0 Å². The first kappa shape index (κ1) is 32.8. The van der Waals surface area contributed by atoms with Gasteiger partial charge in [0.25, 0.3) is 0 Å². The third-order valence-electron chi connectivity index (χ3n) is 11.4. The van der Waals surface area contributed by atoms with Gasteiger partial charge in [-0.3, -0.25) is 0 Å². The molecule has 3 heterocycles. The molecule has 268 valence electrons. The average Bonchev–Trinajstić information content (AvgIpc) is 3.64. The topological polar surface area (TPSA) is 34.0 Å². The number of hydrogen-bond donors (Lipinski definition) is 0. The van der Waals surface area contributed by atoms with Crippen LogP contribution in [0.3, 0.4) is 0 Å². The van der Waals surface area contributed by atoms with E-state index in [0.717, 1.165) is 78.8 Å². The molecule has 1 aliphatic heterocycles. The van der Waals surface area contributed by atoms with Gasteiger partial charge in [-0.1, -0.05) is 140 Å². The molecule has 0 fully saturated rings. The summed E-state index contributed by atoms with van der Waals surface area (Å²) >= 11 is 0. The number of para-hydroxylation sites is 2. The van der Waals surface area contributed by atoms with E-state index in [-0.39, 0.29) is 0 Å². The van der Waals surface area contributed by atoms with Gasteiger partial charge in [0.15, 0.2) is 5.82 Å². The van der Waals surface area contributed by atoms with Crippen LogP contribution in [0, 0.1) is 0 Å². The Balaban J connectivity index is 1.03. The molecule has 2 aromatic heterocycles. The van der Waals surface area contributed by atoms with Crippen LogP contribution >= 0.6 is 0 Å². The molecule has 4 heteroatoms. The Morgan fingerprint density at radius 3 is 2.00 bits per heavy atom. The third kappa shape index (κ3) is 5.45. The Kier molecular flexibility index (Phi) is 7.68. The van der Waals surface area contributed by atoms with Gasteiger partial charge in [0, 0.05) is 62.5 Å². The van der Waals surface area contributed by atoms with Crippen LogP contribution in [0.1, 0.15) is 5.56 Å². The van der Waals surface area contributed by atoms with Crippen molar-refractivity contribution in [3.63, 3.8) is 0 Å². The normalized spacial score (nSPS) is 14.2. The lowest BCUT2D eigenvalue weighted by molar-refractivity contribution is 1.09. The summed E-state index contributed by atoms with van der Waals surface area (Å²) in [6.45, 7) is 5.26. The summed E-state index contributed by atoms with van der Waals surface area (Å²) < 4.78 is 2.36. The van der Waals surface area contributed by atoms with Gasteiger partial charge < -0.3 is 9.47 Å². The minimum absolute atomic E-state index is 0.709. The van der Waals surface area contributed by atoms with Gasteiger partial charge in [0.05, 0.1) is 16.6 Å². The molecule has 0 aliphatic carbocycles. The second-order valence-electron chi connectivity index (χ2n) is 14.7. The van der Waals surface area contributed by atoms with E-state index in [9.17, 15) is 0 Å². The van der Waals surface area contributed by atoms with Crippen LogP contribution in [-0.4, -0.2) is 21.1 Å². The number of hydrogen-bond acceptors (Lipinski definition) is 3. The maximum Gasteiger partial charge on any atom is 0.159 e. The Labute approximate surface area is 330 Å². The Morgan fingerprint density at radius 2 is 1.16 bits per heavy atom. The van der Waals surface area contributed by atoms with Crippen molar-refractivity contribution >= 4 is 71.2 Å². The van der Waals surface area contributed by atoms with E-state index in [1.807, 2.05) is 6.20 Å². The number of allylic oxidation sites excluding steroid dienone is 4. The van der Waals surface area contributed by atoms with Crippen LogP contribution in [0.25, 0.3) is 88.0 Å². The van der Waals surface area contributed by atoms with Crippen LogP contribution in [0.5, 0.6) is 0 Å². The number of nitrogens with zero attached hydrogens (tertiary/aromatic N) is 4. The SMILES string of the molecule is C=C1/C=C\C=C/CN(c2ccccc2)c2ccc(-c3ccc4c(c3)c3ccccc3n4-c3cccc(-c4ncc5c6ccccc6c6ccccc6c5n4)c3)cc21. The molecular formula is C53H36N4. The molecule has 0 N–H and O–H groups in total. The van der Waals surface area contributed by atoms with E-state index in [0.29, 0.717) is 5.82 Å². The van der Waals surface area contributed by atoms with Crippen molar-refractivity contribution in [2.45, 2.75) is 0 Å². The minimum atomic E-state index is 0.709. The average molecular weight is 729 g/mol. The van der Waals surface area contributed by atoms with Crippen LogP contribution < -0.4 is 4.90 Å². The van der Waals surface area contributed by atoms with Crippen molar-refractivity contribution in [2.75, 3.05) is 11.4 Å². The van der Waals surface area contributed by atoms with Crippen molar-refractivity contribution in [1.29, 1.82) is 0 Å². The fourth-order valence-corrected chi connectivity index (χ4v) is 8.68. The molecule has 0 radical (unpaired) electrons. The molecule has 0 bridgehead atoms. The molecule has 1 aliphatic rings. The van der Waals surface area contributed by atoms with Crippen molar-refractivity contribution in [3.05, 3.63) is 206 Å². The van der Waals surface area contributed by atoms with Crippen LogP contribution in [-0.2, 0) is 0 Å². The molecule has 11 rings (SSSR count). The monoisotopic (exact) mass is 728 g/mol. The highest BCUT2D eigenvalue weighted by Gasteiger charge is 2.19. The summed E-state index contributed by atoms with van der Waals surface area (Å²) in [5.41, 5.74) is 12.0. The highest BCUT2D eigenvalue weighted by molar-refractivity contribution is 6.24. The van der Waals surface area contributed by atoms with Crippen molar-refractivity contribution in [3.8, 4) is 28.2 Å². The molecule has 0 amide bonds. The van der Waals surface area contributed by atoms with Gasteiger partial charge in [-0.25, -0.2) is 9.97 Å². The van der Waals surface area contributed by atoms with Crippen LogP contribution in [0.4, 0.5) is 11.4 Å². The van der Waals surface area contributed by atoms with Crippen molar-refractivity contribution in [2.24, 2.45) is 0 Å². The quantitative estimate of drug-likeness (QED) is 0.169. The number of benzene rings is 8. The molecule has 0 atom stereocenters. The lowest BCUT2D eigenvalue weighted by Gasteiger charge is -2.27. The summed E-state index contributed by atoms with van der Waals surface area (Å²) in [4.78, 5) is 12.6. The summed E-state index contributed by atoms with van der Waals surface area (Å²) in [6, 6.07) is 58.6. The summed E-state index contributed by atoms with van der Waals surface area (Å²) in [6.07, 6.45) is 10.5. The molecule has 0 unspecified atom stereocenters. The summed E-state index contributed by atoms with van der Waals surface area (Å²) in [7, 11) is 0. The zero-order chi connectivity index (χ0) is 37.9. The second-order valence-corrected chi connectivity index (χ2v) is 14.7. The molecule has 0 spiro atoms. The minimum Gasteiger partial charge on any atom is -0.337 e. The largest absolute Gasteiger partial charge is 0.337 e. The third-order valence-corrected chi connectivity index (χ3v) is 11.4. The van der Waals surface area contributed by atoms with Gasteiger partial charge in [-0.15, -0.1) is 0 Å². The highest BCUT2D eigenvalue weighted by Crippen LogP contribution is 2.40. The van der Waals surface area contributed by atoms with E-state index in [1.165, 1.54) is 26.9 Å². The summed E-state index contributed by atoms with van der Waals surface area (Å²) in [5, 5.41) is 8.19. The predicted octanol–water partition coefficient (Wildman–Crippen LogP) is 13.6. The fourth-order valence-electron chi connectivity index (χ4n) is 8.68. The molecule has 0 saturated carbocycles. The Hall–Kier alpha value is -7.56.